The van der Waals surface area contributed by atoms with Crippen LogP contribution in [-0.2, 0) is 6.18 Å². The molecular formula is C17H8F4N4O. The molecule has 0 N–H and O–H groups in total. The first-order valence-electron chi connectivity index (χ1n) is 7.12. The second-order valence-corrected chi connectivity index (χ2v) is 4.95. The number of alkyl halides is 3. The van der Waals surface area contributed by atoms with E-state index in [0.717, 1.165) is 6.07 Å². The highest BCUT2D eigenvalue weighted by Crippen LogP contribution is 2.33. The van der Waals surface area contributed by atoms with Gasteiger partial charge >= 0.3 is 6.18 Å². The number of ether oxygens (including phenoxy) is 1. The highest BCUT2D eigenvalue weighted by molar-refractivity contribution is 5.51. The molecule has 0 radical (unpaired) electrons. The zero-order valence-corrected chi connectivity index (χ0v) is 12.8. The monoisotopic (exact) mass is 360 g/mol. The summed E-state index contributed by atoms with van der Waals surface area (Å²) in [4.78, 5) is 11.3. The van der Waals surface area contributed by atoms with Gasteiger partial charge in [0.1, 0.15) is 28.9 Å². The minimum atomic E-state index is -4.76. The molecule has 3 rings (SSSR count). The molecule has 0 amide bonds. The lowest BCUT2D eigenvalue weighted by Crippen LogP contribution is -2.10. The summed E-state index contributed by atoms with van der Waals surface area (Å²) >= 11 is 0. The summed E-state index contributed by atoms with van der Waals surface area (Å²) in [5, 5.41) is 9.00. The first-order chi connectivity index (χ1) is 12.4. The zero-order valence-electron chi connectivity index (χ0n) is 12.8. The number of benzene rings is 1. The summed E-state index contributed by atoms with van der Waals surface area (Å²) < 4.78 is 58.3. The smallest absolute Gasteiger partial charge is 0.433 e. The Morgan fingerprint density at radius 3 is 2.50 bits per heavy atom. The van der Waals surface area contributed by atoms with Crippen molar-refractivity contribution < 1.29 is 22.3 Å². The van der Waals surface area contributed by atoms with Crippen molar-refractivity contribution >= 4 is 0 Å². The van der Waals surface area contributed by atoms with Gasteiger partial charge in [-0.1, -0.05) is 12.1 Å². The van der Waals surface area contributed by atoms with Crippen molar-refractivity contribution in [2.75, 3.05) is 0 Å². The van der Waals surface area contributed by atoms with Gasteiger partial charge < -0.3 is 4.74 Å². The third kappa shape index (κ3) is 3.59. The van der Waals surface area contributed by atoms with Crippen molar-refractivity contribution in [3.05, 3.63) is 65.7 Å². The van der Waals surface area contributed by atoms with Crippen LogP contribution in [0, 0.1) is 17.1 Å². The molecule has 0 saturated carbocycles. The normalized spacial score (nSPS) is 11.0. The van der Waals surface area contributed by atoms with Gasteiger partial charge in [0.05, 0.1) is 0 Å². The first kappa shape index (κ1) is 17.3. The Labute approximate surface area is 144 Å². The van der Waals surface area contributed by atoms with Crippen LogP contribution in [0.15, 0.2) is 48.7 Å². The molecule has 9 heteroatoms. The average molecular weight is 360 g/mol. The van der Waals surface area contributed by atoms with Gasteiger partial charge in [0.15, 0.2) is 11.5 Å². The van der Waals surface area contributed by atoms with Crippen molar-refractivity contribution in [2.24, 2.45) is 0 Å². The van der Waals surface area contributed by atoms with E-state index in [1.807, 2.05) is 0 Å². The van der Waals surface area contributed by atoms with E-state index in [0.29, 0.717) is 6.07 Å². The van der Waals surface area contributed by atoms with Gasteiger partial charge in [0, 0.05) is 12.3 Å². The Morgan fingerprint density at radius 1 is 1.04 bits per heavy atom. The van der Waals surface area contributed by atoms with Gasteiger partial charge in [0.25, 0.3) is 0 Å². The fourth-order valence-corrected chi connectivity index (χ4v) is 2.04. The molecule has 1 aromatic carbocycles. The Hall–Kier alpha value is -3.54. The quantitative estimate of drug-likeness (QED) is 0.649. The minimum Gasteiger partial charge on any atom is -0.437 e. The Bertz CT molecular complexity index is 984. The van der Waals surface area contributed by atoms with Crippen LogP contribution in [0.1, 0.15) is 11.3 Å². The van der Waals surface area contributed by atoms with Gasteiger partial charge in [0.2, 0.25) is 5.88 Å². The number of pyridine rings is 1. The molecule has 0 bridgehead atoms. The number of aromatic nitrogens is 3. The second kappa shape index (κ2) is 6.76. The summed E-state index contributed by atoms with van der Waals surface area (Å²) in [7, 11) is 0. The first-order valence-corrected chi connectivity index (χ1v) is 7.12. The Morgan fingerprint density at radius 2 is 1.85 bits per heavy atom. The summed E-state index contributed by atoms with van der Waals surface area (Å²) in [6, 6.07) is 10.3. The molecule has 0 saturated heterocycles. The largest absolute Gasteiger partial charge is 0.437 e. The number of halogens is 4. The fourth-order valence-electron chi connectivity index (χ4n) is 2.04. The van der Waals surface area contributed by atoms with E-state index < -0.39 is 29.1 Å². The SMILES string of the molecule is N#Cc1c(F)cccc1Oc1cc(C(F)(F)F)nc(-c2ccccn2)n1. The molecule has 0 aliphatic heterocycles. The van der Waals surface area contributed by atoms with Crippen LogP contribution in [-0.4, -0.2) is 15.0 Å². The lowest BCUT2D eigenvalue weighted by molar-refractivity contribution is -0.141. The molecule has 0 aliphatic carbocycles. The maximum absolute atomic E-state index is 13.6. The van der Waals surface area contributed by atoms with E-state index in [2.05, 4.69) is 15.0 Å². The van der Waals surface area contributed by atoms with Gasteiger partial charge in [-0.2, -0.15) is 23.4 Å². The summed E-state index contributed by atoms with van der Waals surface area (Å²) in [5.41, 5.74) is -1.60. The number of rotatable bonds is 3. The molecule has 0 spiro atoms. The molecule has 2 heterocycles. The zero-order chi connectivity index (χ0) is 18.7. The van der Waals surface area contributed by atoms with Crippen molar-refractivity contribution in [1.29, 1.82) is 5.26 Å². The highest BCUT2D eigenvalue weighted by atomic mass is 19.4. The van der Waals surface area contributed by atoms with E-state index in [1.165, 1.54) is 24.4 Å². The van der Waals surface area contributed by atoms with Crippen LogP contribution in [0.3, 0.4) is 0 Å². The highest BCUT2D eigenvalue weighted by Gasteiger charge is 2.34. The fraction of sp³-hybridized carbons (Fsp3) is 0.0588. The minimum absolute atomic E-state index is 0.100. The molecule has 0 unspecified atom stereocenters. The molecule has 26 heavy (non-hydrogen) atoms. The molecule has 130 valence electrons. The van der Waals surface area contributed by atoms with E-state index in [9.17, 15) is 17.6 Å². The molecule has 3 aromatic rings. The van der Waals surface area contributed by atoms with E-state index >= 15 is 0 Å². The van der Waals surface area contributed by atoms with Crippen LogP contribution in [0.5, 0.6) is 11.6 Å². The predicted molar refractivity (Wildman–Crippen MR) is 81.5 cm³/mol. The third-order valence-electron chi connectivity index (χ3n) is 3.19. The van der Waals surface area contributed by atoms with Gasteiger partial charge in [-0.05, 0) is 24.3 Å². The van der Waals surface area contributed by atoms with E-state index in [4.69, 9.17) is 10.00 Å². The molecule has 5 nitrogen and oxygen atoms in total. The van der Waals surface area contributed by atoms with Crippen LogP contribution in [0.25, 0.3) is 11.5 Å². The molecule has 0 atom stereocenters. The third-order valence-corrected chi connectivity index (χ3v) is 3.19. The lowest BCUT2D eigenvalue weighted by Gasteiger charge is -2.11. The van der Waals surface area contributed by atoms with Gasteiger partial charge in [-0.25, -0.2) is 9.37 Å². The summed E-state index contributed by atoms with van der Waals surface area (Å²) in [5.74, 6) is -1.92. The summed E-state index contributed by atoms with van der Waals surface area (Å²) in [6.07, 6.45) is -3.38. The van der Waals surface area contributed by atoms with E-state index in [-0.39, 0.29) is 17.3 Å². The maximum atomic E-state index is 13.6. The van der Waals surface area contributed by atoms with Crippen LogP contribution in [0.4, 0.5) is 17.6 Å². The summed E-state index contributed by atoms with van der Waals surface area (Å²) in [6.45, 7) is 0. The number of nitriles is 1. The predicted octanol–water partition coefficient (Wildman–Crippen LogP) is 4.36. The Kier molecular flexibility index (Phi) is 4.49. The number of hydrogen-bond acceptors (Lipinski definition) is 5. The number of hydrogen-bond donors (Lipinski definition) is 0. The second-order valence-electron chi connectivity index (χ2n) is 4.95. The topological polar surface area (TPSA) is 71.7 Å². The van der Waals surface area contributed by atoms with Gasteiger partial charge in [-0.15, -0.1) is 0 Å². The van der Waals surface area contributed by atoms with Crippen LogP contribution in [0.2, 0.25) is 0 Å². The van der Waals surface area contributed by atoms with Crippen molar-refractivity contribution in [2.45, 2.75) is 6.18 Å². The average Bonchev–Trinajstić information content (AvgIpc) is 2.62. The number of nitrogens with zero attached hydrogens (tertiary/aromatic N) is 4. The maximum Gasteiger partial charge on any atom is 0.433 e. The standard InChI is InChI=1S/C17H8F4N4O/c18-11-4-3-6-13(10(11)9-22)26-15-8-14(17(19,20)21)24-16(25-15)12-5-1-2-7-23-12/h1-8H. The molecule has 0 fully saturated rings. The lowest BCUT2D eigenvalue weighted by atomic mass is 10.2. The Balaban J connectivity index is 2.10. The van der Waals surface area contributed by atoms with Gasteiger partial charge in [-0.3, -0.25) is 4.98 Å². The van der Waals surface area contributed by atoms with Crippen LogP contribution < -0.4 is 4.74 Å². The van der Waals surface area contributed by atoms with Crippen molar-refractivity contribution in [3.63, 3.8) is 0 Å². The van der Waals surface area contributed by atoms with E-state index in [1.54, 1.807) is 18.2 Å². The van der Waals surface area contributed by atoms with Crippen molar-refractivity contribution in [1.82, 2.24) is 15.0 Å². The van der Waals surface area contributed by atoms with Crippen LogP contribution >= 0.6 is 0 Å². The molecule has 2 aromatic heterocycles. The molecular weight excluding hydrogens is 352 g/mol. The van der Waals surface area contributed by atoms with Crippen molar-refractivity contribution in [3.8, 4) is 29.2 Å². The molecule has 0 aliphatic rings.